The first-order valence-electron chi connectivity index (χ1n) is 7.15. The van der Waals surface area contributed by atoms with Gasteiger partial charge in [-0.2, -0.15) is 13.2 Å². The van der Waals surface area contributed by atoms with Gasteiger partial charge in [-0.15, -0.1) is 11.3 Å². The second kappa shape index (κ2) is 7.55. The number of carbonyl (C=O) groups excluding carboxylic acids is 1. The van der Waals surface area contributed by atoms with E-state index in [0.29, 0.717) is 0 Å². The Bertz CT molecular complexity index is 704. The maximum absolute atomic E-state index is 12.8. The molecule has 0 bridgehead atoms. The molecule has 1 aromatic carbocycles. The first kappa shape index (κ1) is 18.8. The van der Waals surface area contributed by atoms with E-state index >= 15 is 0 Å². The Morgan fingerprint density at radius 1 is 1.25 bits per heavy atom. The highest BCUT2D eigenvalue weighted by Gasteiger charge is 2.33. The second-order valence-corrected chi connectivity index (χ2v) is 6.69. The molecule has 0 spiro atoms. The zero-order valence-electron chi connectivity index (χ0n) is 12.9. The summed E-state index contributed by atoms with van der Waals surface area (Å²) in [7, 11) is 0. The van der Waals surface area contributed by atoms with Crippen LogP contribution < -0.4 is 10.6 Å². The minimum atomic E-state index is -4.57. The molecule has 130 valence electrons. The molecule has 3 nitrogen and oxygen atoms in total. The zero-order valence-corrected chi connectivity index (χ0v) is 14.5. The van der Waals surface area contributed by atoms with Gasteiger partial charge in [0, 0.05) is 16.6 Å². The lowest BCUT2D eigenvalue weighted by molar-refractivity contribution is -0.137. The van der Waals surface area contributed by atoms with E-state index < -0.39 is 28.7 Å². The van der Waals surface area contributed by atoms with E-state index in [1.54, 1.807) is 18.3 Å². The molecule has 0 saturated carbocycles. The molecule has 0 aliphatic rings. The van der Waals surface area contributed by atoms with Crippen molar-refractivity contribution in [2.45, 2.75) is 32.1 Å². The highest BCUT2D eigenvalue weighted by atomic mass is 35.5. The summed E-state index contributed by atoms with van der Waals surface area (Å²) < 4.78 is 38.5. The number of anilines is 1. The summed E-state index contributed by atoms with van der Waals surface area (Å²) in [5, 5.41) is 7.11. The Morgan fingerprint density at radius 2 is 1.96 bits per heavy atom. The van der Waals surface area contributed by atoms with Gasteiger partial charge in [-0.25, -0.2) is 0 Å². The Kier molecular flexibility index (Phi) is 5.90. The number of hydrogen-bond acceptors (Lipinski definition) is 3. The van der Waals surface area contributed by atoms with Gasteiger partial charge in [-0.05, 0) is 43.5 Å². The number of thiophene rings is 1. The van der Waals surface area contributed by atoms with Gasteiger partial charge in [0.05, 0.1) is 16.6 Å². The number of benzene rings is 1. The molecule has 0 aliphatic carbocycles. The summed E-state index contributed by atoms with van der Waals surface area (Å²) in [6, 6.07) is 6.53. The summed E-state index contributed by atoms with van der Waals surface area (Å²) in [6.45, 7) is 3.57. The molecule has 2 N–H and O–H groups in total. The van der Waals surface area contributed by atoms with Crippen LogP contribution >= 0.6 is 22.9 Å². The van der Waals surface area contributed by atoms with Gasteiger partial charge in [0.2, 0.25) is 5.91 Å². The first-order valence-corrected chi connectivity index (χ1v) is 8.41. The lowest BCUT2D eigenvalue weighted by atomic mass is 10.1. The first-order chi connectivity index (χ1) is 11.2. The number of hydrogen-bond donors (Lipinski definition) is 2. The van der Waals surface area contributed by atoms with E-state index in [4.69, 9.17) is 11.6 Å². The molecule has 0 radical (unpaired) electrons. The molecule has 0 saturated heterocycles. The van der Waals surface area contributed by atoms with Crippen LogP contribution in [0.25, 0.3) is 0 Å². The molecule has 0 aliphatic heterocycles. The van der Waals surface area contributed by atoms with E-state index in [1.165, 1.54) is 6.07 Å². The van der Waals surface area contributed by atoms with E-state index in [2.05, 4.69) is 10.6 Å². The van der Waals surface area contributed by atoms with Crippen LogP contribution in [-0.2, 0) is 11.0 Å². The SMILES string of the molecule is C[C@H](N[C@@H](C)c1cccs1)C(=O)Nc1ccc(Cl)c(C(F)(F)F)c1. The molecule has 1 heterocycles. The minimum Gasteiger partial charge on any atom is -0.325 e. The summed E-state index contributed by atoms with van der Waals surface area (Å²) in [4.78, 5) is 13.2. The summed E-state index contributed by atoms with van der Waals surface area (Å²) in [5.74, 6) is -0.422. The maximum atomic E-state index is 12.8. The summed E-state index contributed by atoms with van der Waals surface area (Å²) in [5.41, 5.74) is -0.927. The number of amides is 1. The van der Waals surface area contributed by atoms with Crippen LogP contribution in [0.4, 0.5) is 18.9 Å². The number of nitrogens with one attached hydrogen (secondary N) is 2. The van der Waals surface area contributed by atoms with Crippen LogP contribution in [0.2, 0.25) is 5.02 Å². The van der Waals surface area contributed by atoms with E-state index in [9.17, 15) is 18.0 Å². The number of alkyl halides is 3. The van der Waals surface area contributed by atoms with Crippen molar-refractivity contribution in [1.82, 2.24) is 5.32 Å². The molecule has 0 fully saturated rings. The van der Waals surface area contributed by atoms with E-state index in [1.807, 2.05) is 24.4 Å². The normalized spacial score (nSPS) is 14.2. The molecule has 2 aromatic rings. The smallest absolute Gasteiger partial charge is 0.325 e. The quantitative estimate of drug-likeness (QED) is 0.762. The molecule has 0 unspecified atom stereocenters. The Balaban J connectivity index is 2.04. The van der Waals surface area contributed by atoms with E-state index in [-0.39, 0.29) is 11.7 Å². The van der Waals surface area contributed by atoms with Gasteiger partial charge in [-0.3, -0.25) is 10.1 Å². The van der Waals surface area contributed by atoms with Crippen molar-refractivity contribution < 1.29 is 18.0 Å². The van der Waals surface area contributed by atoms with Gasteiger partial charge < -0.3 is 5.32 Å². The molecule has 2 rings (SSSR count). The Hall–Kier alpha value is -1.57. The topological polar surface area (TPSA) is 41.1 Å². The second-order valence-electron chi connectivity index (χ2n) is 5.31. The molecule has 24 heavy (non-hydrogen) atoms. The minimum absolute atomic E-state index is 0.0401. The van der Waals surface area contributed by atoms with Gasteiger partial charge in [-0.1, -0.05) is 17.7 Å². The fourth-order valence-electron chi connectivity index (χ4n) is 2.14. The van der Waals surface area contributed by atoms with Crippen LogP contribution in [0.3, 0.4) is 0 Å². The van der Waals surface area contributed by atoms with Crippen molar-refractivity contribution >= 4 is 34.5 Å². The van der Waals surface area contributed by atoms with Crippen LogP contribution in [0, 0.1) is 0 Å². The largest absolute Gasteiger partial charge is 0.417 e. The van der Waals surface area contributed by atoms with Crippen molar-refractivity contribution in [2.75, 3.05) is 5.32 Å². The Labute approximate surface area is 146 Å². The standard InChI is InChI=1S/C16H16ClF3N2OS/c1-9(14-4-3-7-24-14)21-10(2)15(23)22-11-5-6-13(17)12(8-11)16(18,19)20/h3-10,21H,1-2H3,(H,22,23)/t9-,10-/m0/s1. The van der Waals surface area contributed by atoms with E-state index in [0.717, 1.165) is 17.0 Å². The van der Waals surface area contributed by atoms with Crippen molar-refractivity contribution in [2.24, 2.45) is 0 Å². The molecular weight excluding hydrogens is 361 g/mol. The third kappa shape index (κ3) is 4.72. The number of halogens is 4. The molecule has 1 amide bonds. The van der Waals surface area contributed by atoms with Gasteiger partial charge in [0.25, 0.3) is 0 Å². The highest BCUT2D eigenvalue weighted by molar-refractivity contribution is 7.10. The molecule has 2 atom stereocenters. The van der Waals surface area contributed by atoms with Crippen molar-refractivity contribution in [1.29, 1.82) is 0 Å². The average molecular weight is 377 g/mol. The van der Waals surface area contributed by atoms with Crippen LogP contribution in [0.15, 0.2) is 35.7 Å². The maximum Gasteiger partial charge on any atom is 0.417 e. The fraction of sp³-hybridized carbons (Fsp3) is 0.312. The number of carbonyl (C=O) groups is 1. The van der Waals surface area contributed by atoms with Gasteiger partial charge >= 0.3 is 6.18 Å². The lowest BCUT2D eigenvalue weighted by Crippen LogP contribution is -2.39. The highest BCUT2D eigenvalue weighted by Crippen LogP contribution is 2.36. The van der Waals surface area contributed by atoms with Gasteiger partial charge in [0.15, 0.2) is 0 Å². The third-order valence-electron chi connectivity index (χ3n) is 3.40. The lowest BCUT2D eigenvalue weighted by Gasteiger charge is -2.19. The predicted octanol–water partition coefficient (Wildman–Crippen LogP) is 5.10. The fourth-order valence-corrected chi connectivity index (χ4v) is 3.11. The zero-order chi connectivity index (χ0) is 17.9. The van der Waals surface area contributed by atoms with Gasteiger partial charge in [0.1, 0.15) is 0 Å². The molecular formula is C16H16ClF3N2OS. The average Bonchev–Trinajstić information content (AvgIpc) is 3.02. The van der Waals surface area contributed by atoms with Crippen molar-refractivity contribution in [3.8, 4) is 0 Å². The molecule has 8 heteroatoms. The van der Waals surface area contributed by atoms with Crippen LogP contribution in [-0.4, -0.2) is 11.9 Å². The summed E-state index contributed by atoms with van der Waals surface area (Å²) >= 11 is 7.12. The van der Waals surface area contributed by atoms with Crippen molar-refractivity contribution in [3.63, 3.8) is 0 Å². The molecule has 1 aromatic heterocycles. The predicted molar refractivity (Wildman–Crippen MR) is 90.4 cm³/mol. The van der Waals surface area contributed by atoms with Crippen molar-refractivity contribution in [3.05, 3.63) is 51.2 Å². The monoisotopic (exact) mass is 376 g/mol. The van der Waals surface area contributed by atoms with Crippen LogP contribution in [0.1, 0.15) is 30.3 Å². The third-order valence-corrected chi connectivity index (χ3v) is 4.79. The summed E-state index contributed by atoms with van der Waals surface area (Å²) in [6.07, 6.45) is -4.57. The van der Waals surface area contributed by atoms with Crippen LogP contribution in [0.5, 0.6) is 0 Å². The Morgan fingerprint density at radius 3 is 2.54 bits per heavy atom. The number of rotatable bonds is 5.